The third-order valence-electron chi connectivity index (χ3n) is 1.75. The van der Waals surface area contributed by atoms with Crippen molar-refractivity contribution in [3.63, 3.8) is 0 Å². The molecule has 0 spiro atoms. The molecular weight excluding hydrogens is 152 g/mol. The fourth-order valence-corrected chi connectivity index (χ4v) is 1.14. The van der Waals surface area contributed by atoms with Gasteiger partial charge in [0, 0.05) is 13.1 Å². The molecule has 0 aromatic rings. The van der Waals surface area contributed by atoms with E-state index in [4.69, 9.17) is 5.73 Å². The van der Waals surface area contributed by atoms with E-state index in [1.165, 1.54) is 0 Å². The van der Waals surface area contributed by atoms with E-state index in [0.29, 0.717) is 5.70 Å². The first kappa shape index (κ1) is 11.0. The maximum Gasteiger partial charge on any atom is 0.264 e. The lowest BCUT2D eigenvalue weighted by Gasteiger charge is -2.21. The minimum absolute atomic E-state index is 0.333. The predicted octanol–water partition coefficient (Wildman–Crippen LogP) is 1.11. The van der Waals surface area contributed by atoms with E-state index in [0.717, 1.165) is 19.5 Å². The molecule has 0 rings (SSSR count). The summed E-state index contributed by atoms with van der Waals surface area (Å²) in [7, 11) is 0. The Kier molecular flexibility index (Phi) is 5.17. The number of nitrogens with zero attached hydrogens (tertiary/aromatic N) is 1. The van der Waals surface area contributed by atoms with Crippen LogP contribution < -0.4 is 5.73 Å². The Morgan fingerprint density at radius 1 is 1.33 bits per heavy atom. The lowest BCUT2D eigenvalue weighted by molar-refractivity contribution is -0.116. The van der Waals surface area contributed by atoms with Crippen LogP contribution in [-0.2, 0) is 4.79 Å². The van der Waals surface area contributed by atoms with Crippen molar-refractivity contribution in [1.29, 1.82) is 0 Å². The quantitative estimate of drug-likeness (QED) is 0.628. The molecule has 0 aliphatic rings. The summed E-state index contributed by atoms with van der Waals surface area (Å²) < 4.78 is 0. The minimum Gasteiger partial charge on any atom is -0.368 e. The van der Waals surface area contributed by atoms with Crippen LogP contribution in [0.3, 0.4) is 0 Å². The molecule has 0 aliphatic carbocycles. The second-order valence-corrected chi connectivity index (χ2v) is 2.53. The van der Waals surface area contributed by atoms with Crippen LogP contribution in [0.2, 0.25) is 0 Å². The zero-order valence-corrected chi connectivity index (χ0v) is 8.13. The van der Waals surface area contributed by atoms with Crippen molar-refractivity contribution in [2.24, 2.45) is 5.73 Å². The molecule has 1 amide bonds. The standard InChI is InChI=1S/C9H18N2O/c1-4-7-8(9(10)12)11(5-2)6-3/h7H,4-6H2,1-3H3,(H2,10,12). The SMILES string of the molecule is CCC=C(C(N)=O)N(CC)CC. The normalized spacial score (nSPS) is 11.4. The number of hydrogen-bond acceptors (Lipinski definition) is 2. The Morgan fingerprint density at radius 2 is 1.83 bits per heavy atom. The molecule has 2 N–H and O–H groups in total. The van der Waals surface area contributed by atoms with E-state index < -0.39 is 0 Å². The maximum absolute atomic E-state index is 11.0. The van der Waals surface area contributed by atoms with E-state index in [1.54, 1.807) is 0 Å². The van der Waals surface area contributed by atoms with Crippen LogP contribution in [-0.4, -0.2) is 23.9 Å². The highest BCUT2D eigenvalue weighted by molar-refractivity contribution is 5.91. The summed E-state index contributed by atoms with van der Waals surface area (Å²) in [6.45, 7) is 7.66. The number of hydrogen-bond donors (Lipinski definition) is 1. The molecule has 0 aliphatic heterocycles. The van der Waals surface area contributed by atoms with Crippen molar-refractivity contribution < 1.29 is 4.79 Å². The van der Waals surface area contributed by atoms with E-state index in [1.807, 2.05) is 31.7 Å². The fraction of sp³-hybridized carbons (Fsp3) is 0.667. The lowest BCUT2D eigenvalue weighted by atomic mass is 10.3. The molecule has 0 fully saturated rings. The average Bonchev–Trinajstić information content (AvgIpc) is 2.05. The Morgan fingerprint density at radius 3 is 2.08 bits per heavy atom. The van der Waals surface area contributed by atoms with Gasteiger partial charge in [-0.15, -0.1) is 0 Å². The third-order valence-corrected chi connectivity index (χ3v) is 1.75. The first-order valence-corrected chi connectivity index (χ1v) is 4.42. The molecule has 70 valence electrons. The average molecular weight is 170 g/mol. The Labute approximate surface area is 74.2 Å². The van der Waals surface area contributed by atoms with Gasteiger partial charge in [0.15, 0.2) is 0 Å². The van der Waals surface area contributed by atoms with E-state index >= 15 is 0 Å². The number of rotatable bonds is 5. The van der Waals surface area contributed by atoms with Crippen LogP contribution in [0.5, 0.6) is 0 Å². The number of likely N-dealkylation sites (N-methyl/N-ethyl adjacent to an activating group) is 1. The third kappa shape index (κ3) is 2.95. The number of primary amides is 1. The highest BCUT2D eigenvalue weighted by atomic mass is 16.1. The van der Waals surface area contributed by atoms with E-state index in [-0.39, 0.29) is 5.91 Å². The van der Waals surface area contributed by atoms with Gasteiger partial charge in [-0.25, -0.2) is 0 Å². The summed E-state index contributed by atoms with van der Waals surface area (Å²) in [5, 5.41) is 0. The monoisotopic (exact) mass is 170 g/mol. The van der Waals surface area contributed by atoms with Crippen molar-refractivity contribution in [3.05, 3.63) is 11.8 Å². The van der Waals surface area contributed by atoms with Crippen molar-refractivity contribution in [2.45, 2.75) is 27.2 Å². The highest BCUT2D eigenvalue weighted by Gasteiger charge is 2.09. The predicted molar refractivity (Wildman–Crippen MR) is 50.5 cm³/mol. The van der Waals surface area contributed by atoms with Crippen molar-refractivity contribution in [3.8, 4) is 0 Å². The van der Waals surface area contributed by atoms with Gasteiger partial charge in [-0.3, -0.25) is 4.79 Å². The lowest BCUT2D eigenvalue weighted by Crippen LogP contribution is -2.31. The zero-order chi connectivity index (χ0) is 9.56. The molecule has 0 saturated heterocycles. The molecule has 3 nitrogen and oxygen atoms in total. The molecular formula is C9H18N2O. The molecule has 0 bridgehead atoms. The topological polar surface area (TPSA) is 46.3 Å². The van der Waals surface area contributed by atoms with Crippen molar-refractivity contribution in [1.82, 2.24) is 4.90 Å². The van der Waals surface area contributed by atoms with Crippen LogP contribution in [0.15, 0.2) is 11.8 Å². The molecule has 0 atom stereocenters. The molecule has 0 unspecified atom stereocenters. The Hall–Kier alpha value is -0.990. The van der Waals surface area contributed by atoms with E-state index in [9.17, 15) is 4.79 Å². The largest absolute Gasteiger partial charge is 0.368 e. The molecule has 0 heterocycles. The molecule has 0 aromatic heterocycles. The van der Waals surface area contributed by atoms with Gasteiger partial charge in [0.05, 0.1) is 5.70 Å². The molecule has 12 heavy (non-hydrogen) atoms. The van der Waals surface area contributed by atoms with Crippen molar-refractivity contribution in [2.75, 3.05) is 13.1 Å². The molecule has 3 heteroatoms. The maximum atomic E-state index is 11.0. The second-order valence-electron chi connectivity index (χ2n) is 2.53. The molecule has 0 radical (unpaired) electrons. The zero-order valence-electron chi connectivity index (χ0n) is 8.13. The number of carbonyl (C=O) groups is 1. The summed E-state index contributed by atoms with van der Waals surface area (Å²) in [6.07, 6.45) is 2.71. The van der Waals surface area contributed by atoms with Gasteiger partial charge in [0.25, 0.3) is 5.91 Å². The number of allylic oxidation sites excluding steroid dienone is 1. The van der Waals surface area contributed by atoms with Gasteiger partial charge in [0.1, 0.15) is 0 Å². The van der Waals surface area contributed by atoms with Crippen molar-refractivity contribution >= 4 is 5.91 Å². The Bertz CT molecular complexity index is 171. The smallest absolute Gasteiger partial charge is 0.264 e. The summed E-state index contributed by atoms with van der Waals surface area (Å²) >= 11 is 0. The van der Waals surface area contributed by atoms with Crippen LogP contribution in [0.4, 0.5) is 0 Å². The Balaban J connectivity index is 4.48. The van der Waals surface area contributed by atoms with Crippen LogP contribution in [0.1, 0.15) is 27.2 Å². The summed E-state index contributed by atoms with van der Waals surface area (Å²) in [5.74, 6) is -0.333. The number of carbonyl (C=O) groups excluding carboxylic acids is 1. The highest BCUT2D eigenvalue weighted by Crippen LogP contribution is 2.03. The summed E-state index contributed by atoms with van der Waals surface area (Å²) in [4.78, 5) is 12.9. The van der Waals surface area contributed by atoms with Crippen LogP contribution in [0.25, 0.3) is 0 Å². The first-order chi connectivity index (χ1) is 5.67. The van der Waals surface area contributed by atoms with Gasteiger partial charge >= 0.3 is 0 Å². The van der Waals surface area contributed by atoms with Crippen LogP contribution in [0, 0.1) is 0 Å². The van der Waals surface area contributed by atoms with Gasteiger partial charge in [-0.1, -0.05) is 13.0 Å². The molecule has 0 aromatic carbocycles. The summed E-state index contributed by atoms with van der Waals surface area (Å²) in [5.41, 5.74) is 5.87. The van der Waals surface area contributed by atoms with Gasteiger partial charge in [-0.05, 0) is 20.3 Å². The van der Waals surface area contributed by atoms with Gasteiger partial charge in [-0.2, -0.15) is 0 Å². The summed E-state index contributed by atoms with van der Waals surface area (Å²) in [6, 6.07) is 0. The number of amides is 1. The fourth-order valence-electron chi connectivity index (χ4n) is 1.14. The first-order valence-electron chi connectivity index (χ1n) is 4.42. The van der Waals surface area contributed by atoms with Gasteiger partial charge in [0.2, 0.25) is 0 Å². The molecule has 0 saturated carbocycles. The number of nitrogens with two attached hydrogens (primary N) is 1. The van der Waals surface area contributed by atoms with E-state index in [2.05, 4.69) is 0 Å². The van der Waals surface area contributed by atoms with Crippen LogP contribution >= 0.6 is 0 Å². The van der Waals surface area contributed by atoms with Gasteiger partial charge < -0.3 is 10.6 Å². The second kappa shape index (κ2) is 5.63. The minimum atomic E-state index is -0.333.